The number of hydrogen-bond acceptors (Lipinski definition) is 3. The fourth-order valence-corrected chi connectivity index (χ4v) is 3.79. The highest BCUT2D eigenvalue weighted by Gasteiger charge is 2.29. The fraction of sp³-hybridized carbons (Fsp3) is 0.938. The van der Waals surface area contributed by atoms with Crippen LogP contribution in [0.1, 0.15) is 40.0 Å². The summed E-state index contributed by atoms with van der Waals surface area (Å²) < 4.78 is 0. The number of amides is 1. The van der Waals surface area contributed by atoms with E-state index in [1.54, 1.807) is 0 Å². The van der Waals surface area contributed by atoms with E-state index < -0.39 is 0 Å². The van der Waals surface area contributed by atoms with Gasteiger partial charge in [-0.2, -0.15) is 0 Å². The number of aliphatic hydroxyl groups excluding tert-OH is 1. The van der Waals surface area contributed by atoms with Crippen LogP contribution >= 0.6 is 0 Å². The van der Waals surface area contributed by atoms with Crippen molar-refractivity contribution < 1.29 is 9.90 Å². The Bertz CT molecular complexity index is 322. The van der Waals surface area contributed by atoms with E-state index in [2.05, 4.69) is 18.7 Å². The molecule has 0 aromatic carbocycles. The lowest BCUT2D eigenvalue weighted by atomic mass is 9.91. The second-order valence-electron chi connectivity index (χ2n) is 7.12. The Morgan fingerprint density at radius 3 is 2.50 bits per heavy atom. The molecule has 4 nitrogen and oxygen atoms in total. The minimum Gasteiger partial charge on any atom is -0.393 e. The van der Waals surface area contributed by atoms with Gasteiger partial charge in [-0.25, -0.2) is 0 Å². The minimum absolute atomic E-state index is 0.261. The van der Waals surface area contributed by atoms with E-state index in [1.807, 2.05) is 11.8 Å². The zero-order valence-corrected chi connectivity index (χ0v) is 13.2. The number of nitrogens with zero attached hydrogens (tertiary/aromatic N) is 2. The third kappa shape index (κ3) is 4.19. The smallest absolute Gasteiger partial charge is 0.236 e. The average molecular weight is 282 g/mol. The third-order valence-corrected chi connectivity index (χ3v) is 4.80. The van der Waals surface area contributed by atoms with Crippen molar-refractivity contribution in [3.8, 4) is 0 Å². The summed E-state index contributed by atoms with van der Waals surface area (Å²) in [6.07, 6.45) is 3.15. The van der Waals surface area contributed by atoms with Gasteiger partial charge in [0, 0.05) is 19.6 Å². The molecule has 0 saturated carbocycles. The largest absolute Gasteiger partial charge is 0.393 e. The zero-order chi connectivity index (χ0) is 14.7. The normalized spacial score (nSPS) is 34.0. The van der Waals surface area contributed by atoms with Crippen molar-refractivity contribution in [3.63, 3.8) is 0 Å². The molecule has 4 unspecified atom stereocenters. The summed E-state index contributed by atoms with van der Waals surface area (Å²) in [7, 11) is 0. The second-order valence-corrected chi connectivity index (χ2v) is 7.12. The standard InChI is InChI=1S/C16H30N2O2/c1-12-7-13(2)9-18(8-12)16(20)11-17-6-4-5-15(10-17)14(3)19/h12-15,19H,4-11H2,1-3H3. The van der Waals surface area contributed by atoms with Crippen molar-refractivity contribution in [1.29, 1.82) is 0 Å². The molecular formula is C16H30N2O2. The van der Waals surface area contributed by atoms with Crippen LogP contribution in [0.15, 0.2) is 0 Å². The van der Waals surface area contributed by atoms with Crippen molar-refractivity contribution in [2.24, 2.45) is 17.8 Å². The second kappa shape index (κ2) is 6.90. The van der Waals surface area contributed by atoms with Crippen LogP contribution in [0.3, 0.4) is 0 Å². The van der Waals surface area contributed by atoms with Crippen molar-refractivity contribution in [3.05, 3.63) is 0 Å². The van der Waals surface area contributed by atoms with Crippen LogP contribution in [-0.4, -0.2) is 59.6 Å². The Hall–Kier alpha value is -0.610. The first kappa shape index (κ1) is 15.8. The molecule has 20 heavy (non-hydrogen) atoms. The van der Waals surface area contributed by atoms with Gasteiger partial charge in [0.05, 0.1) is 12.6 Å². The predicted octanol–water partition coefficient (Wildman–Crippen LogP) is 1.58. The molecule has 2 aliphatic heterocycles. The highest BCUT2D eigenvalue weighted by molar-refractivity contribution is 5.78. The van der Waals surface area contributed by atoms with Crippen molar-refractivity contribution in [2.45, 2.75) is 46.1 Å². The molecule has 4 atom stereocenters. The number of carbonyl (C=O) groups excluding carboxylic acids is 1. The third-order valence-electron chi connectivity index (χ3n) is 4.80. The first-order chi connectivity index (χ1) is 9.45. The van der Waals surface area contributed by atoms with Crippen LogP contribution in [0.5, 0.6) is 0 Å². The number of carbonyl (C=O) groups is 1. The van der Waals surface area contributed by atoms with Crippen LogP contribution in [0.4, 0.5) is 0 Å². The number of piperidine rings is 2. The first-order valence-electron chi connectivity index (χ1n) is 8.14. The van der Waals surface area contributed by atoms with Crippen molar-refractivity contribution in [2.75, 3.05) is 32.7 Å². The summed E-state index contributed by atoms with van der Waals surface area (Å²) >= 11 is 0. The molecule has 0 aromatic heterocycles. The minimum atomic E-state index is -0.261. The van der Waals surface area contributed by atoms with Gasteiger partial charge in [-0.3, -0.25) is 9.69 Å². The van der Waals surface area contributed by atoms with Gasteiger partial charge < -0.3 is 10.0 Å². The molecule has 0 aliphatic carbocycles. The SMILES string of the molecule is CC1CC(C)CN(C(=O)CN2CCCC(C(C)O)C2)C1. The lowest BCUT2D eigenvalue weighted by Crippen LogP contribution is -2.49. The lowest BCUT2D eigenvalue weighted by Gasteiger charge is -2.38. The summed E-state index contributed by atoms with van der Waals surface area (Å²) in [5.41, 5.74) is 0. The molecule has 0 bridgehead atoms. The van der Waals surface area contributed by atoms with E-state index in [-0.39, 0.29) is 12.0 Å². The quantitative estimate of drug-likeness (QED) is 0.855. The fourth-order valence-electron chi connectivity index (χ4n) is 3.79. The Morgan fingerprint density at radius 1 is 1.25 bits per heavy atom. The summed E-state index contributed by atoms with van der Waals surface area (Å²) in [5.74, 6) is 1.84. The topological polar surface area (TPSA) is 43.8 Å². The van der Waals surface area contributed by atoms with Crippen molar-refractivity contribution in [1.82, 2.24) is 9.80 Å². The molecule has 1 amide bonds. The monoisotopic (exact) mass is 282 g/mol. The van der Waals surface area contributed by atoms with Gasteiger partial charge in [0.25, 0.3) is 0 Å². The van der Waals surface area contributed by atoms with Gasteiger partial charge >= 0.3 is 0 Å². The van der Waals surface area contributed by atoms with Crippen molar-refractivity contribution >= 4 is 5.91 Å². The van der Waals surface area contributed by atoms with E-state index in [9.17, 15) is 9.90 Å². The molecule has 2 saturated heterocycles. The summed E-state index contributed by atoms with van der Waals surface area (Å²) in [6, 6.07) is 0. The average Bonchev–Trinajstić information content (AvgIpc) is 2.37. The van der Waals surface area contributed by atoms with Gasteiger partial charge in [0.15, 0.2) is 0 Å². The van der Waals surface area contributed by atoms with Crippen LogP contribution < -0.4 is 0 Å². The molecular weight excluding hydrogens is 252 g/mol. The molecule has 116 valence electrons. The van der Waals surface area contributed by atoms with Gasteiger partial charge in [0.2, 0.25) is 5.91 Å². The summed E-state index contributed by atoms with van der Waals surface area (Å²) in [6.45, 7) is 10.6. The molecule has 0 radical (unpaired) electrons. The first-order valence-corrected chi connectivity index (χ1v) is 8.14. The maximum absolute atomic E-state index is 12.5. The van der Waals surface area contributed by atoms with Gasteiger partial charge in [-0.1, -0.05) is 13.8 Å². The van der Waals surface area contributed by atoms with Gasteiger partial charge in [-0.15, -0.1) is 0 Å². The predicted molar refractivity (Wildman–Crippen MR) is 80.4 cm³/mol. The number of rotatable bonds is 3. The van der Waals surface area contributed by atoms with E-state index in [1.165, 1.54) is 6.42 Å². The molecule has 0 aromatic rings. The zero-order valence-electron chi connectivity index (χ0n) is 13.2. The van der Waals surface area contributed by atoms with E-state index >= 15 is 0 Å². The maximum atomic E-state index is 12.5. The molecule has 1 N–H and O–H groups in total. The Balaban J connectivity index is 1.84. The van der Waals surface area contributed by atoms with Crippen LogP contribution in [0, 0.1) is 17.8 Å². The summed E-state index contributed by atoms with van der Waals surface area (Å²) in [5, 5.41) is 9.73. The molecule has 2 fully saturated rings. The number of aliphatic hydroxyl groups is 1. The van der Waals surface area contributed by atoms with Gasteiger partial charge in [0.1, 0.15) is 0 Å². The van der Waals surface area contributed by atoms with E-state index in [0.29, 0.717) is 24.3 Å². The highest BCUT2D eigenvalue weighted by atomic mass is 16.3. The number of hydrogen-bond donors (Lipinski definition) is 1. The summed E-state index contributed by atoms with van der Waals surface area (Å²) in [4.78, 5) is 16.7. The van der Waals surface area contributed by atoms with E-state index in [0.717, 1.165) is 39.0 Å². The Labute approximate surface area is 123 Å². The van der Waals surface area contributed by atoms with Crippen LogP contribution in [0.2, 0.25) is 0 Å². The lowest BCUT2D eigenvalue weighted by molar-refractivity contribution is -0.135. The highest BCUT2D eigenvalue weighted by Crippen LogP contribution is 2.22. The van der Waals surface area contributed by atoms with Gasteiger partial charge in [-0.05, 0) is 50.5 Å². The molecule has 0 spiro atoms. The Kier molecular flexibility index (Phi) is 5.44. The molecule has 4 heteroatoms. The van der Waals surface area contributed by atoms with E-state index in [4.69, 9.17) is 0 Å². The molecule has 2 rings (SSSR count). The van der Waals surface area contributed by atoms with Crippen LogP contribution in [-0.2, 0) is 4.79 Å². The number of likely N-dealkylation sites (tertiary alicyclic amines) is 2. The molecule has 2 heterocycles. The Morgan fingerprint density at radius 2 is 1.90 bits per heavy atom. The maximum Gasteiger partial charge on any atom is 0.236 e. The van der Waals surface area contributed by atoms with Crippen LogP contribution in [0.25, 0.3) is 0 Å². The molecule has 2 aliphatic rings.